The summed E-state index contributed by atoms with van der Waals surface area (Å²) in [4.78, 5) is 21.8. The molecule has 1 aromatic heterocycles. The van der Waals surface area contributed by atoms with Crippen molar-refractivity contribution in [3.8, 4) is 0 Å². The highest BCUT2D eigenvalue weighted by atomic mass is 32.1. The summed E-state index contributed by atoms with van der Waals surface area (Å²) in [6, 6.07) is 10.1. The van der Waals surface area contributed by atoms with Crippen LogP contribution in [0.3, 0.4) is 0 Å². The van der Waals surface area contributed by atoms with Crippen LogP contribution in [0.1, 0.15) is 31.2 Å². The fourth-order valence-corrected chi connectivity index (χ4v) is 3.77. The van der Waals surface area contributed by atoms with Gasteiger partial charge in [-0.2, -0.15) is 0 Å². The van der Waals surface area contributed by atoms with Gasteiger partial charge < -0.3 is 20.3 Å². The van der Waals surface area contributed by atoms with Gasteiger partial charge in [0.2, 0.25) is 0 Å². The summed E-state index contributed by atoms with van der Waals surface area (Å²) in [5, 5.41) is 1.99. The lowest BCUT2D eigenvalue weighted by Crippen LogP contribution is -2.50. The summed E-state index contributed by atoms with van der Waals surface area (Å²) in [6.07, 6.45) is -0.238. The van der Waals surface area contributed by atoms with E-state index in [2.05, 4.69) is 28.9 Å². The average molecular weight is 401 g/mol. The molecule has 2 aromatic rings. The van der Waals surface area contributed by atoms with Crippen LogP contribution in [0.4, 0.5) is 16.2 Å². The number of amidine groups is 1. The highest BCUT2D eigenvalue weighted by Crippen LogP contribution is 2.27. The molecular weight excluding hydrogens is 372 g/mol. The van der Waals surface area contributed by atoms with Gasteiger partial charge in [0.1, 0.15) is 11.4 Å². The number of hydrogen-bond donors (Lipinski definition) is 1. The Morgan fingerprint density at radius 3 is 2.46 bits per heavy atom. The van der Waals surface area contributed by atoms with Crippen LogP contribution in [0.25, 0.3) is 0 Å². The number of hydrogen-bond acceptors (Lipinski definition) is 5. The number of ether oxygens (including phenoxy) is 1. The van der Waals surface area contributed by atoms with Crippen molar-refractivity contribution in [1.29, 1.82) is 0 Å². The molecule has 0 bridgehead atoms. The molecule has 0 radical (unpaired) electrons. The number of amides is 1. The van der Waals surface area contributed by atoms with E-state index in [4.69, 9.17) is 10.5 Å². The van der Waals surface area contributed by atoms with Crippen LogP contribution in [0.5, 0.6) is 0 Å². The zero-order chi connectivity index (χ0) is 20.3. The Morgan fingerprint density at radius 2 is 1.89 bits per heavy atom. The van der Waals surface area contributed by atoms with E-state index in [1.165, 1.54) is 0 Å². The largest absolute Gasteiger partial charge is 0.444 e. The first kappa shape index (κ1) is 20.2. The monoisotopic (exact) mass is 400 g/mol. The van der Waals surface area contributed by atoms with E-state index in [1.807, 2.05) is 44.4 Å². The Balaban J connectivity index is 1.64. The number of thiophene rings is 1. The maximum Gasteiger partial charge on any atom is 0.410 e. The summed E-state index contributed by atoms with van der Waals surface area (Å²) in [5.41, 5.74) is 8.78. The van der Waals surface area contributed by atoms with Crippen molar-refractivity contribution in [2.45, 2.75) is 33.3 Å². The van der Waals surface area contributed by atoms with E-state index in [-0.39, 0.29) is 6.09 Å². The third-order valence-corrected chi connectivity index (χ3v) is 5.37. The lowest BCUT2D eigenvalue weighted by atomic mass is 10.1. The van der Waals surface area contributed by atoms with Gasteiger partial charge in [-0.3, -0.25) is 0 Å². The van der Waals surface area contributed by atoms with Crippen LogP contribution in [-0.4, -0.2) is 48.6 Å². The second-order valence-electron chi connectivity index (χ2n) is 7.90. The predicted octanol–water partition coefficient (Wildman–Crippen LogP) is 4.15. The Labute approximate surface area is 170 Å². The molecule has 1 aliphatic heterocycles. The lowest BCUT2D eigenvalue weighted by molar-refractivity contribution is 0.0240. The minimum atomic E-state index is -0.466. The number of carbonyl (C=O) groups excluding carboxylic acids is 1. The van der Waals surface area contributed by atoms with Crippen molar-refractivity contribution in [1.82, 2.24) is 4.90 Å². The van der Waals surface area contributed by atoms with Crippen molar-refractivity contribution in [3.05, 3.63) is 46.2 Å². The average Bonchev–Trinajstić information content (AvgIpc) is 3.15. The van der Waals surface area contributed by atoms with E-state index < -0.39 is 5.60 Å². The molecule has 1 saturated heterocycles. The smallest absolute Gasteiger partial charge is 0.410 e. The molecule has 0 spiro atoms. The van der Waals surface area contributed by atoms with Gasteiger partial charge in [0.15, 0.2) is 0 Å². The summed E-state index contributed by atoms with van der Waals surface area (Å²) < 4.78 is 5.47. The molecule has 150 valence electrons. The SMILES string of the molecule is Cc1cc(/N=C(\N)c2cccs2)ccc1N1CCN(C(=O)OC(C)(C)C)CC1. The molecule has 0 atom stereocenters. The van der Waals surface area contributed by atoms with E-state index in [0.29, 0.717) is 18.9 Å². The fraction of sp³-hybridized carbons (Fsp3) is 0.429. The lowest BCUT2D eigenvalue weighted by Gasteiger charge is -2.37. The molecule has 1 fully saturated rings. The number of aliphatic imine (C=N–C) groups is 1. The molecule has 3 rings (SSSR count). The molecule has 0 aliphatic carbocycles. The molecule has 1 aliphatic rings. The van der Waals surface area contributed by atoms with E-state index in [0.717, 1.165) is 34.9 Å². The van der Waals surface area contributed by atoms with E-state index in [9.17, 15) is 4.79 Å². The second kappa shape index (κ2) is 8.22. The second-order valence-corrected chi connectivity index (χ2v) is 8.85. The van der Waals surface area contributed by atoms with Crippen LogP contribution >= 0.6 is 11.3 Å². The standard InChI is InChI=1S/C21H28N4O2S/c1-15-14-16(23-19(22)18-6-5-13-28-18)7-8-17(15)24-9-11-25(12-10-24)20(26)27-21(2,3)4/h5-8,13-14H,9-12H2,1-4H3,(H2,22,23). The van der Waals surface area contributed by atoms with Crippen LogP contribution in [-0.2, 0) is 4.74 Å². The molecule has 1 amide bonds. The minimum absolute atomic E-state index is 0.238. The minimum Gasteiger partial charge on any atom is -0.444 e. The summed E-state index contributed by atoms with van der Waals surface area (Å²) >= 11 is 1.58. The van der Waals surface area contributed by atoms with Crippen LogP contribution in [0, 0.1) is 6.92 Å². The molecule has 0 unspecified atom stereocenters. The number of nitrogens with zero attached hydrogens (tertiary/aromatic N) is 3. The first-order valence-electron chi connectivity index (χ1n) is 9.44. The van der Waals surface area contributed by atoms with Crippen LogP contribution in [0.15, 0.2) is 40.7 Å². The third-order valence-electron chi connectivity index (χ3n) is 4.48. The number of piperazine rings is 1. The van der Waals surface area contributed by atoms with Crippen LogP contribution in [0.2, 0.25) is 0 Å². The Kier molecular flexibility index (Phi) is 5.93. The molecule has 0 saturated carbocycles. The van der Waals surface area contributed by atoms with E-state index in [1.54, 1.807) is 16.2 Å². The Morgan fingerprint density at radius 1 is 1.18 bits per heavy atom. The maximum atomic E-state index is 12.2. The predicted molar refractivity (Wildman–Crippen MR) is 116 cm³/mol. The van der Waals surface area contributed by atoms with Gasteiger partial charge in [0.25, 0.3) is 0 Å². The van der Waals surface area contributed by atoms with Gasteiger partial charge in [0, 0.05) is 31.9 Å². The number of rotatable bonds is 3. The zero-order valence-corrected chi connectivity index (χ0v) is 17.8. The summed E-state index contributed by atoms with van der Waals surface area (Å²) in [6.45, 7) is 10.6. The molecule has 7 heteroatoms. The number of anilines is 1. The first-order chi connectivity index (χ1) is 13.2. The quantitative estimate of drug-likeness (QED) is 0.621. The van der Waals surface area contributed by atoms with Crippen molar-refractivity contribution >= 4 is 34.6 Å². The Bertz CT molecular complexity index is 848. The molecular formula is C21H28N4O2S. The molecule has 28 heavy (non-hydrogen) atoms. The molecule has 1 aromatic carbocycles. The normalized spacial score (nSPS) is 15.6. The van der Waals surface area contributed by atoms with Gasteiger partial charge in [-0.15, -0.1) is 11.3 Å². The van der Waals surface area contributed by atoms with Gasteiger partial charge >= 0.3 is 6.09 Å². The first-order valence-corrected chi connectivity index (χ1v) is 10.3. The molecule has 2 N–H and O–H groups in total. The highest BCUT2D eigenvalue weighted by molar-refractivity contribution is 7.12. The van der Waals surface area contributed by atoms with Crippen molar-refractivity contribution in [3.63, 3.8) is 0 Å². The van der Waals surface area contributed by atoms with E-state index >= 15 is 0 Å². The van der Waals surface area contributed by atoms with Crippen molar-refractivity contribution < 1.29 is 9.53 Å². The Hall–Kier alpha value is -2.54. The number of carbonyl (C=O) groups is 1. The van der Waals surface area contributed by atoms with Gasteiger partial charge in [-0.05, 0) is 62.9 Å². The number of benzene rings is 1. The fourth-order valence-electron chi connectivity index (χ4n) is 3.14. The number of nitrogens with two attached hydrogens (primary N) is 1. The number of aryl methyl sites for hydroxylation is 1. The highest BCUT2D eigenvalue weighted by Gasteiger charge is 2.26. The van der Waals surface area contributed by atoms with Gasteiger partial charge in [-0.25, -0.2) is 9.79 Å². The van der Waals surface area contributed by atoms with Crippen molar-refractivity contribution in [2.24, 2.45) is 10.7 Å². The summed E-state index contributed by atoms with van der Waals surface area (Å²) in [7, 11) is 0. The molecule has 2 heterocycles. The summed E-state index contributed by atoms with van der Waals surface area (Å²) in [5.74, 6) is 0.535. The molecule has 6 nitrogen and oxygen atoms in total. The zero-order valence-electron chi connectivity index (χ0n) is 16.9. The van der Waals surface area contributed by atoms with Gasteiger partial charge in [-0.1, -0.05) is 6.07 Å². The maximum absolute atomic E-state index is 12.2. The van der Waals surface area contributed by atoms with Gasteiger partial charge in [0.05, 0.1) is 10.6 Å². The van der Waals surface area contributed by atoms with Crippen LogP contribution < -0.4 is 10.6 Å². The third kappa shape index (κ3) is 5.04. The van der Waals surface area contributed by atoms with Crippen molar-refractivity contribution in [2.75, 3.05) is 31.1 Å². The topological polar surface area (TPSA) is 71.2 Å².